The van der Waals surface area contributed by atoms with E-state index >= 15 is 0 Å². The number of aryl methyl sites for hydroxylation is 2. The fourth-order valence-corrected chi connectivity index (χ4v) is 6.62. The summed E-state index contributed by atoms with van der Waals surface area (Å²) in [5, 5.41) is 11.0. The van der Waals surface area contributed by atoms with Gasteiger partial charge in [0, 0.05) is 60.3 Å². The topological polar surface area (TPSA) is 91.9 Å². The second kappa shape index (κ2) is 13.6. The summed E-state index contributed by atoms with van der Waals surface area (Å²) in [7, 11) is 0. The number of rotatable bonds is 10. The van der Waals surface area contributed by atoms with Crippen LogP contribution in [0, 0.1) is 20.8 Å². The number of H-pyrrole nitrogens is 1. The molecule has 0 atom stereocenters. The second-order valence-electron chi connectivity index (χ2n) is 12.2. The third-order valence-corrected chi connectivity index (χ3v) is 9.13. The molecule has 8 heteroatoms. The summed E-state index contributed by atoms with van der Waals surface area (Å²) in [6.45, 7) is 13.2. The lowest BCUT2D eigenvalue weighted by atomic mass is 9.91. The van der Waals surface area contributed by atoms with Gasteiger partial charge in [-0.3, -0.25) is 9.59 Å². The number of hydrogen-bond donors (Lipinski definition) is 2. The maximum atomic E-state index is 13.9. The highest BCUT2D eigenvalue weighted by Gasteiger charge is 2.29. The molecule has 3 heterocycles. The SMILES string of the molecule is CCN(c1cc(-c2ccc(C[N+]3(O)CCOCC3)cc2)cc(C(=O)CCc2c(C)cc(C)[nH]c2=O)c1C)C1CCOCC1. The van der Waals surface area contributed by atoms with Gasteiger partial charge in [-0.15, -0.1) is 0 Å². The number of hydroxylamine groups is 3. The van der Waals surface area contributed by atoms with Gasteiger partial charge < -0.3 is 19.4 Å². The Morgan fingerprint density at radius 2 is 1.65 bits per heavy atom. The van der Waals surface area contributed by atoms with Gasteiger partial charge in [0.05, 0.1) is 13.2 Å². The van der Waals surface area contributed by atoms with E-state index in [1.807, 2.05) is 32.9 Å². The first-order chi connectivity index (χ1) is 20.7. The first-order valence-corrected chi connectivity index (χ1v) is 15.6. The van der Waals surface area contributed by atoms with E-state index in [9.17, 15) is 14.8 Å². The highest BCUT2D eigenvalue weighted by molar-refractivity contribution is 6.00. The summed E-state index contributed by atoms with van der Waals surface area (Å²) in [5.41, 5.74) is 8.15. The van der Waals surface area contributed by atoms with Crippen molar-refractivity contribution < 1.29 is 24.1 Å². The molecule has 230 valence electrons. The molecule has 2 aliphatic rings. The van der Waals surface area contributed by atoms with Crippen LogP contribution in [0.4, 0.5) is 5.69 Å². The molecule has 3 aromatic rings. The quantitative estimate of drug-likeness (QED) is 0.239. The van der Waals surface area contributed by atoms with E-state index in [4.69, 9.17) is 9.47 Å². The number of ketones is 1. The Morgan fingerprint density at radius 1 is 0.977 bits per heavy atom. The average molecular weight is 589 g/mol. The second-order valence-corrected chi connectivity index (χ2v) is 12.2. The van der Waals surface area contributed by atoms with Crippen molar-refractivity contribution in [2.45, 2.75) is 66.0 Å². The third-order valence-electron chi connectivity index (χ3n) is 9.13. The molecular formula is C35H46N3O5+. The van der Waals surface area contributed by atoms with Crippen molar-refractivity contribution in [2.75, 3.05) is 51.0 Å². The molecule has 2 N–H and O–H groups in total. The molecule has 0 bridgehead atoms. The first kappa shape index (κ1) is 31.1. The number of hydrogen-bond acceptors (Lipinski definition) is 6. The minimum atomic E-state index is -0.114. The van der Waals surface area contributed by atoms with Gasteiger partial charge in [0.15, 0.2) is 5.78 Å². The molecule has 5 rings (SSSR count). The zero-order valence-corrected chi connectivity index (χ0v) is 26.1. The Balaban J connectivity index is 1.47. The number of carbonyl (C=O) groups is 1. The normalized spacial score (nSPS) is 17.1. The zero-order valence-electron chi connectivity index (χ0n) is 26.1. The van der Waals surface area contributed by atoms with E-state index in [0.717, 1.165) is 71.8 Å². The van der Waals surface area contributed by atoms with Crippen LogP contribution in [0.5, 0.6) is 0 Å². The Bertz CT molecular complexity index is 1480. The van der Waals surface area contributed by atoms with Crippen molar-refractivity contribution in [3.8, 4) is 11.1 Å². The lowest BCUT2D eigenvalue weighted by Crippen LogP contribution is -2.51. The van der Waals surface area contributed by atoms with Crippen molar-refractivity contribution in [3.63, 3.8) is 0 Å². The number of aromatic nitrogens is 1. The molecule has 1 aromatic heterocycles. The number of carbonyl (C=O) groups excluding carboxylic acids is 1. The average Bonchev–Trinajstić information content (AvgIpc) is 2.99. The summed E-state index contributed by atoms with van der Waals surface area (Å²) >= 11 is 0. The number of aromatic amines is 1. The predicted molar refractivity (Wildman–Crippen MR) is 169 cm³/mol. The van der Waals surface area contributed by atoms with Crippen LogP contribution in [0.25, 0.3) is 11.1 Å². The molecule has 0 unspecified atom stereocenters. The molecule has 0 spiro atoms. The summed E-state index contributed by atoms with van der Waals surface area (Å²) in [6, 6.07) is 14.9. The molecule has 0 aliphatic carbocycles. The molecule has 0 amide bonds. The molecule has 43 heavy (non-hydrogen) atoms. The van der Waals surface area contributed by atoms with Crippen LogP contribution in [0.15, 0.2) is 47.3 Å². The molecule has 8 nitrogen and oxygen atoms in total. The number of anilines is 1. The van der Waals surface area contributed by atoms with Crippen molar-refractivity contribution >= 4 is 11.5 Å². The van der Waals surface area contributed by atoms with Crippen LogP contribution in [-0.2, 0) is 22.4 Å². The van der Waals surface area contributed by atoms with E-state index in [1.165, 1.54) is 0 Å². The Hall–Kier alpha value is -3.30. The molecule has 2 aliphatic heterocycles. The van der Waals surface area contributed by atoms with Crippen molar-refractivity contribution in [3.05, 3.63) is 86.3 Å². The van der Waals surface area contributed by atoms with Gasteiger partial charge >= 0.3 is 0 Å². The zero-order chi connectivity index (χ0) is 30.6. The lowest BCUT2D eigenvalue weighted by Gasteiger charge is -2.37. The smallest absolute Gasteiger partial charge is 0.251 e. The third kappa shape index (κ3) is 7.27. The van der Waals surface area contributed by atoms with Gasteiger partial charge in [0.2, 0.25) is 0 Å². The van der Waals surface area contributed by atoms with Crippen LogP contribution < -0.4 is 10.5 Å². The fraction of sp³-hybridized carbons (Fsp3) is 0.486. The first-order valence-electron chi connectivity index (χ1n) is 15.6. The van der Waals surface area contributed by atoms with Crippen LogP contribution in [0.1, 0.15) is 64.5 Å². The highest BCUT2D eigenvalue weighted by Crippen LogP contribution is 2.35. The number of morpholine rings is 1. The van der Waals surface area contributed by atoms with Crippen LogP contribution in [0.2, 0.25) is 0 Å². The Morgan fingerprint density at radius 3 is 2.30 bits per heavy atom. The van der Waals surface area contributed by atoms with E-state index < -0.39 is 0 Å². The van der Waals surface area contributed by atoms with Gasteiger partial charge in [-0.2, -0.15) is 4.65 Å². The summed E-state index contributed by atoms with van der Waals surface area (Å²) in [4.78, 5) is 31.8. The minimum Gasteiger partial charge on any atom is -0.381 e. The number of pyridine rings is 1. The number of quaternary nitrogens is 1. The molecular weight excluding hydrogens is 542 g/mol. The summed E-state index contributed by atoms with van der Waals surface area (Å²) < 4.78 is 11.1. The maximum absolute atomic E-state index is 13.9. The van der Waals surface area contributed by atoms with Crippen LogP contribution in [-0.4, -0.2) is 72.7 Å². The number of nitrogens with zero attached hydrogens (tertiary/aromatic N) is 2. The van der Waals surface area contributed by atoms with Crippen molar-refractivity contribution in [1.29, 1.82) is 0 Å². The molecule has 0 saturated carbocycles. The van der Waals surface area contributed by atoms with Crippen molar-refractivity contribution in [2.24, 2.45) is 0 Å². The van der Waals surface area contributed by atoms with Crippen molar-refractivity contribution in [1.82, 2.24) is 4.98 Å². The highest BCUT2D eigenvalue weighted by atomic mass is 16.6. The van der Waals surface area contributed by atoms with E-state index in [1.54, 1.807) is 0 Å². The lowest BCUT2D eigenvalue weighted by molar-refractivity contribution is -1.12. The minimum absolute atomic E-state index is 0.00741. The van der Waals surface area contributed by atoms with Crippen LogP contribution >= 0.6 is 0 Å². The summed E-state index contributed by atoms with van der Waals surface area (Å²) in [5.74, 6) is 0.0404. The number of ether oxygens (including phenoxy) is 2. The number of benzene rings is 2. The van der Waals surface area contributed by atoms with E-state index in [-0.39, 0.29) is 22.4 Å². The largest absolute Gasteiger partial charge is 0.381 e. The Labute approximate surface area is 254 Å². The molecule has 2 saturated heterocycles. The number of Topliss-reactive ketones (excluding diaryl/α,β-unsaturated/α-hetero) is 1. The number of nitrogens with one attached hydrogen (secondary N) is 1. The monoisotopic (exact) mass is 588 g/mol. The Kier molecular flexibility index (Phi) is 9.82. The van der Waals surface area contributed by atoms with Gasteiger partial charge in [-0.1, -0.05) is 24.3 Å². The van der Waals surface area contributed by atoms with Crippen LogP contribution in [0.3, 0.4) is 0 Å². The molecule has 0 radical (unpaired) electrons. The predicted octanol–water partition coefficient (Wildman–Crippen LogP) is 5.52. The van der Waals surface area contributed by atoms with Gasteiger partial charge in [0.1, 0.15) is 19.6 Å². The molecule has 2 fully saturated rings. The van der Waals surface area contributed by atoms with E-state index in [2.05, 4.69) is 47.1 Å². The standard InChI is InChI=1S/C35H45N3O5/c1-5-37(30-12-16-42-17-13-30)33-22-29(28-8-6-27(7-9-28)23-38(41)14-18-43-19-15-38)21-32(26(33)4)34(39)11-10-31-24(2)20-25(3)36-35(31)40/h6-9,20-22,30,41H,5,10-19,23H2,1-4H3/p+1. The maximum Gasteiger partial charge on any atom is 0.251 e. The van der Waals surface area contributed by atoms with Gasteiger partial charge in [0.25, 0.3) is 5.56 Å². The summed E-state index contributed by atoms with van der Waals surface area (Å²) in [6.07, 6.45) is 2.57. The van der Waals surface area contributed by atoms with Gasteiger partial charge in [-0.05, 0) is 87.4 Å². The van der Waals surface area contributed by atoms with Gasteiger partial charge in [-0.25, -0.2) is 5.21 Å². The molecule has 2 aromatic carbocycles. The fourth-order valence-electron chi connectivity index (χ4n) is 6.62. The van der Waals surface area contributed by atoms with E-state index in [0.29, 0.717) is 56.4 Å².